The van der Waals surface area contributed by atoms with E-state index < -0.39 is 15.9 Å². The molecule has 0 spiro atoms. The Kier molecular flexibility index (Phi) is 8.99. The minimum Gasteiger partial charge on any atom is -0.313 e. The van der Waals surface area contributed by atoms with Gasteiger partial charge in [-0.25, -0.2) is 13.1 Å². The van der Waals surface area contributed by atoms with Crippen LogP contribution < -0.4 is 5.32 Å². The molecular formula is C29H39N5O4S2. The highest BCUT2D eigenvalue weighted by atomic mass is 32.2. The van der Waals surface area contributed by atoms with Crippen molar-refractivity contribution in [2.75, 3.05) is 32.0 Å². The van der Waals surface area contributed by atoms with E-state index in [0.29, 0.717) is 42.2 Å². The van der Waals surface area contributed by atoms with Gasteiger partial charge in [-0.15, -0.1) is 11.3 Å². The lowest BCUT2D eigenvalue weighted by Gasteiger charge is -2.25. The molecule has 1 N–H and O–H groups in total. The molecule has 0 radical (unpaired) electrons. The number of rotatable bonds is 9. The van der Waals surface area contributed by atoms with Crippen molar-refractivity contribution < 1.29 is 18.0 Å². The zero-order valence-electron chi connectivity index (χ0n) is 24.3. The van der Waals surface area contributed by atoms with Crippen molar-refractivity contribution in [1.29, 1.82) is 0 Å². The molecular weight excluding hydrogens is 546 g/mol. The molecule has 40 heavy (non-hydrogen) atoms. The van der Waals surface area contributed by atoms with Crippen LogP contribution in [0.1, 0.15) is 70.2 Å². The lowest BCUT2D eigenvalue weighted by molar-refractivity contribution is 0.0942. The number of fused-ring (bicyclic) bond motifs is 1. The zero-order valence-corrected chi connectivity index (χ0v) is 25.9. The fourth-order valence-corrected chi connectivity index (χ4v) is 8.06. The lowest BCUT2D eigenvalue weighted by atomic mass is 10.0. The summed E-state index contributed by atoms with van der Waals surface area (Å²) in [4.78, 5) is 30.4. The second-order valence-electron chi connectivity index (χ2n) is 11.4. The standard InChI is InChI=1S/C29H39N5O4S2/c1-18(2)15-33(16-19(3)4)40(37,38)23-10-8-22(9-11-23)27(35)30-28-26(24-12-13-32(7)17-25(24)39-28)29(36)34-21(6)14-20(5)31-34/h8-11,14,18-19H,12-13,15-17H2,1-7H3,(H,30,35). The lowest BCUT2D eigenvalue weighted by Crippen LogP contribution is -2.37. The first kappa shape index (κ1) is 30.1. The molecule has 0 fully saturated rings. The average molecular weight is 586 g/mol. The van der Waals surface area contributed by atoms with E-state index in [1.54, 1.807) is 0 Å². The van der Waals surface area contributed by atoms with Crippen LogP contribution in [0.4, 0.5) is 5.00 Å². The number of hydrogen-bond acceptors (Lipinski definition) is 7. The number of carbonyl (C=O) groups excluding carboxylic acids is 2. The van der Waals surface area contributed by atoms with Crippen molar-refractivity contribution in [2.45, 2.75) is 59.4 Å². The summed E-state index contributed by atoms with van der Waals surface area (Å²) in [5.74, 6) is -0.304. The molecule has 1 aromatic carbocycles. The van der Waals surface area contributed by atoms with Crippen LogP contribution in [-0.4, -0.2) is 65.9 Å². The van der Waals surface area contributed by atoms with Crippen molar-refractivity contribution in [3.63, 3.8) is 0 Å². The number of nitrogens with zero attached hydrogens (tertiary/aromatic N) is 4. The summed E-state index contributed by atoms with van der Waals surface area (Å²) >= 11 is 1.41. The van der Waals surface area contributed by atoms with Crippen molar-refractivity contribution in [3.05, 3.63) is 63.3 Å². The van der Waals surface area contributed by atoms with E-state index in [-0.39, 0.29) is 22.6 Å². The molecule has 1 aliphatic heterocycles. The van der Waals surface area contributed by atoms with Gasteiger partial charge in [-0.05, 0) is 75.0 Å². The predicted octanol–water partition coefficient (Wildman–Crippen LogP) is 4.79. The van der Waals surface area contributed by atoms with E-state index in [1.165, 1.54) is 44.6 Å². The third-order valence-electron chi connectivity index (χ3n) is 6.78. The number of anilines is 1. The topological polar surface area (TPSA) is 105 Å². The van der Waals surface area contributed by atoms with Crippen molar-refractivity contribution in [1.82, 2.24) is 19.0 Å². The van der Waals surface area contributed by atoms with E-state index in [4.69, 9.17) is 0 Å². The number of hydrogen-bond donors (Lipinski definition) is 1. The fraction of sp³-hybridized carbons (Fsp3) is 0.483. The highest BCUT2D eigenvalue weighted by Crippen LogP contribution is 2.38. The molecule has 0 saturated carbocycles. The van der Waals surface area contributed by atoms with Gasteiger partial charge in [-0.3, -0.25) is 9.59 Å². The summed E-state index contributed by atoms with van der Waals surface area (Å²) in [7, 11) is -1.68. The molecule has 0 unspecified atom stereocenters. The van der Waals surface area contributed by atoms with Gasteiger partial charge in [-0.2, -0.15) is 9.40 Å². The van der Waals surface area contributed by atoms with E-state index in [9.17, 15) is 18.0 Å². The zero-order chi connectivity index (χ0) is 29.4. The van der Waals surface area contributed by atoms with E-state index in [2.05, 4.69) is 15.3 Å². The van der Waals surface area contributed by atoms with Gasteiger partial charge < -0.3 is 10.2 Å². The van der Waals surface area contributed by atoms with Crippen molar-refractivity contribution in [2.24, 2.45) is 11.8 Å². The van der Waals surface area contributed by atoms with Crippen LogP contribution >= 0.6 is 11.3 Å². The first-order valence-corrected chi connectivity index (χ1v) is 15.9. The van der Waals surface area contributed by atoms with Crippen molar-refractivity contribution in [3.8, 4) is 0 Å². The number of benzene rings is 1. The number of amides is 1. The van der Waals surface area contributed by atoms with Gasteiger partial charge in [0.1, 0.15) is 5.00 Å². The summed E-state index contributed by atoms with van der Waals surface area (Å²) < 4.78 is 29.7. The minimum absolute atomic E-state index is 0.153. The van der Waals surface area contributed by atoms with Crippen LogP contribution in [0.5, 0.6) is 0 Å². The molecule has 11 heteroatoms. The Labute approximate surface area is 241 Å². The smallest absolute Gasteiger partial charge is 0.281 e. The second-order valence-corrected chi connectivity index (χ2v) is 14.5. The van der Waals surface area contributed by atoms with Crippen molar-refractivity contribution >= 4 is 38.2 Å². The highest BCUT2D eigenvalue weighted by Gasteiger charge is 2.30. The van der Waals surface area contributed by atoms with Gasteiger partial charge in [0.25, 0.3) is 11.8 Å². The van der Waals surface area contributed by atoms with Crippen LogP contribution in [0.15, 0.2) is 35.2 Å². The summed E-state index contributed by atoms with van der Waals surface area (Å²) in [5.41, 5.74) is 3.22. The quantitative estimate of drug-likeness (QED) is 0.387. The van der Waals surface area contributed by atoms with Gasteiger partial charge in [0.2, 0.25) is 10.0 Å². The number of sulfonamides is 1. The van der Waals surface area contributed by atoms with Crippen LogP contribution in [0, 0.1) is 25.7 Å². The Morgan fingerprint density at radius 2 is 1.70 bits per heavy atom. The summed E-state index contributed by atoms with van der Waals surface area (Å²) in [6.45, 7) is 14.0. The van der Waals surface area contributed by atoms with Gasteiger partial charge in [0, 0.05) is 42.3 Å². The van der Waals surface area contributed by atoms with Gasteiger partial charge >= 0.3 is 0 Å². The largest absolute Gasteiger partial charge is 0.313 e. The monoisotopic (exact) mass is 585 g/mol. The number of aryl methyl sites for hydroxylation is 2. The molecule has 1 aliphatic rings. The number of likely N-dealkylation sites (N-methyl/N-ethyl adjacent to an activating group) is 1. The maximum absolute atomic E-state index is 13.7. The summed E-state index contributed by atoms with van der Waals surface area (Å²) in [6.07, 6.45) is 0.703. The third kappa shape index (κ3) is 6.38. The predicted molar refractivity (Wildman–Crippen MR) is 159 cm³/mol. The Bertz CT molecular complexity index is 1490. The van der Waals surface area contributed by atoms with Crippen LogP contribution in [0.2, 0.25) is 0 Å². The molecule has 216 valence electrons. The molecule has 0 bridgehead atoms. The Hall–Kier alpha value is -2.86. The molecule has 0 atom stereocenters. The molecule has 2 aromatic heterocycles. The maximum Gasteiger partial charge on any atom is 0.281 e. The Balaban J connectivity index is 1.62. The van der Waals surface area contributed by atoms with Gasteiger partial charge in [0.05, 0.1) is 16.2 Å². The second kappa shape index (κ2) is 11.9. The first-order chi connectivity index (χ1) is 18.8. The third-order valence-corrected chi connectivity index (χ3v) is 9.76. The van der Waals surface area contributed by atoms with Gasteiger partial charge in [0.15, 0.2) is 0 Å². The number of aromatic nitrogens is 2. The summed E-state index contributed by atoms with van der Waals surface area (Å²) in [5, 5.41) is 7.81. The van der Waals surface area contributed by atoms with Gasteiger partial charge in [-0.1, -0.05) is 27.7 Å². The average Bonchev–Trinajstić information content (AvgIpc) is 3.40. The van der Waals surface area contributed by atoms with E-state index in [0.717, 1.165) is 28.4 Å². The first-order valence-electron chi connectivity index (χ1n) is 13.6. The minimum atomic E-state index is -3.71. The molecule has 0 aliphatic carbocycles. The maximum atomic E-state index is 13.7. The molecule has 9 nitrogen and oxygen atoms in total. The van der Waals surface area contributed by atoms with E-state index in [1.807, 2.05) is 54.7 Å². The van der Waals surface area contributed by atoms with Crippen LogP contribution in [-0.2, 0) is 23.0 Å². The molecule has 4 rings (SSSR count). The number of nitrogens with one attached hydrogen (secondary N) is 1. The normalized spacial score (nSPS) is 14.2. The SMILES string of the molecule is Cc1cc(C)n(C(=O)c2c(NC(=O)c3ccc(S(=O)(=O)N(CC(C)C)CC(C)C)cc3)sc3c2CCN(C)C3)n1. The number of carbonyl (C=O) groups is 2. The Morgan fingerprint density at radius 1 is 1.07 bits per heavy atom. The van der Waals surface area contributed by atoms with Crippen LogP contribution in [0.25, 0.3) is 0 Å². The summed E-state index contributed by atoms with van der Waals surface area (Å²) in [6, 6.07) is 7.86. The van der Waals surface area contributed by atoms with E-state index >= 15 is 0 Å². The highest BCUT2D eigenvalue weighted by molar-refractivity contribution is 7.89. The Morgan fingerprint density at radius 3 is 2.25 bits per heavy atom. The molecule has 0 saturated heterocycles. The fourth-order valence-electron chi connectivity index (χ4n) is 4.97. The van der Waals surface area contributed by atoms with Crippen LogP contribution in [0.3, 0.4) is 0 Å². The molecule has 3 heterocycles. The molecule has 3 aromatic rings. The molecule has 1 amide bonds. The number of thiophene rings is 1.